The molecule has 1 unspecified atom stereocenters. The Bertz CT molecular complexity index is 274. The third-order valence-electron chi connectivity index (χ3n) is 3.05. The molecule has 1 aromatic rings. The van der Waals surface area contributed by atoms with E-state index in [1.165, 1.54) is 18.4 Å². The fraction of sp³-hybridized carbons (Fsp3) is 0.500. The smallest absolute Gasteiger partial charge is 0.0430 e. The van der Waals surface area contributed by atoms with E-state index in [0.29, 0.717) is 10.8 Å². The fourth-order valence-electron chi connectivity index (χ4n) is 1.58. The first-order valence-electron chi connectivity index (χ1n) is 4.89. The van der Waals surface area contributed by atoms with Crippen LogP contribution in [-0.4, -0.2) is 5.38 Å². The highest BCUT2D eigenvalue weighted by Gasteiger charge is 2.43. The standard InChI is InChI=1S/C12H15Cl/c1-12(7-8-12)11(13)9-10-5-3-2-4-6-10/h2-6,11H,7-9H2,1H3. The Balaban J connectivity index is 1.98. The molecule has 0 N–H and O–H groups in total. The van der Waals surface area contributed by atoms with Crippen LogP contribution in [0.25, 0.3) is 0 Å². The van der Waals surface area contributed by atoms with E-state index in [1.807, 2.05) is 6.07 Å². The minimum Gasteiger partial charge on any atom is -0.122 e. The normalized spacial score (nSPS) is 21.1. The SMILES string of the molecule is CC1(C(Cl)Cc2ccccc2)CC1. The van der Waals surface area contributed by atoms with Crippen LogP contribution in [-0.2, 0) is 6.42 Å². The molecule has 0 aromatic heterocycles. The van der Waals surface area contributed by atoms with Crippen molar-refractivity contribution in [2.75, 3.05) is 0 Å². The Hall–Kier alpha value is -0.490. The second-order valence-electron chi connectivity index (χ2n) is 4.31. The summed E-state index contributed by atoms with van der Waals surface area (Å²) >= 11 is 6.35. The van der Waals surface area contributed by atoms with Gasteiger partial charge in [-0.05, 0) is 30.2 Å². The molecule has 1 aliphatic carbocycles. The highest BCUT2D eigenvalue weighted by atomic mass is 35.5. The average molecular weight is 195 g/mol. The summed E-state index contributed by atoms with van der Waals surface area (Å²) in [5.41, 5.74) is 1.79. The third-order valence-corrected chi connectivity index (χ3v) is 3.73. The summed E-state index contributed by atoms with van der Waals surface area (Å²) in [5.74, 6) is 0. The van der Waals surface area contributed by atoms with Gasteiger partial charge in [-0.15, -0.1) is 11.6 Å². The lowest BCUT2D eigenvalue weighted by atomic mass is 9.98. The van der Waals surface area contributed by atoms with Crippen LogP contribution in [0.3, 0.4) is 0 Å². The fourth-order valence-corrected chi connectivity index (χ4v) is 1.97. The zero-order chi connectivity index (χ0) is 9.31. The van der Waals surface area contributed by atoms with E-state index in [1.54, 1.807) is 0 Å². The molecular weight excluding hydrogens is 180 g/mol. The van der Waals surface area contributed by atoms with E-state index in [4.69, 9.17) is 11.6 Å². The molecule has 1 saturated carbocycles. The van der Waals surface area contributed by atoms with Crippen molar-refractivity contribution in [1.82, 2.24) is 0 Å². The van der Waals surface area contributed by atoms with Crippen LogP contribution in [0.1, 0.15) is 25.3 Å². The lowest BCUT2D eigenvalue weighted by Gasteiger charge is -2.15. The molecule has 1 aliphatic rings. The molecule has 1 fully saturated rings. The van der Waals surface area contributed by atoms with Crippen molar-refractivity contribution < 1.29 is 0 Å². The van der Waals surface area contributed by atoms with Gasteiger partial charge >= 0.3 is 0 Å². The first-order chi connectivity index (χ1) is 6.21. The van der Waals surface area contributed by atoms with Gasteiger partial charge in [-0.2, -0.15) is 0 Å². The number of halogens is 1. The first-order valence-corrected chi connectivity index (χ1v) is 5.32. The van der Waals surface area contributed by atoms with E-state index in [-0.39, 0.29) is 0 Å². The van der Waals surface area contributed by atoms with Crippen LogP contribution >= 0.6 is 11.6 Å². The second-order valence-corrected chi connectivity index (χ2v) is 4.84. The first kappa shape index (κ1) is 9.08. The number of benzene rings is 1. The maximum absolute atomic E-state index is 6.35. The van der Waals surface area contributed by atoms with Crippen LogP contribution in [0.4, 0.5) is 0 Å². The lowest BCUT2D eigenvalue weighted by molar-refractivity contribution is 0.528. The molecule has 0 nitrogen and oxygen atoms in total. The lowest BCUT2D eigenvalue weighted by Crippen LogP contribution is -2.15. The van der Waals surface area contributed by atoms with Crippen LogP contribution < -0.4 is 0 Å². The van der Waals surface area contributed by atoms with Crippen molar-refractivity contribution in [3.05, 3.63) is 35.9 Å². The number of rotatable bonds is 3. The highest BCUT2D eigenvalue weighted by molar-refractivity contribution is 6.21. The Morgan fingerprint density at radius 2 is 1.92 bits per heavy atom. The molecule has 1 aromatic carbocycles. The maximum atomic E-state index is 6.35. The summed E-state index contributed by atoms with van der Waals surface area (Å²) in [4.78, 5) is 0. The zero-order valence-corrected chi connectivity index (χ0v) is 8.72. The predicted molar refractivity (Wildman–Crippen MR) is 57.1 cm³/mol. The van der Waals surface area contributed by atoms with Gasteiger partial charge in [0.25, 0.3) is 0 Å². The monoisotopic (exact) mass is 194 g/mol. The quantitative estimate of drug-likeness (QED) is 0.645. The van der Waals surface area contributed by atoms with Crippen molar-refractivity contribution >= 4 is 11.6 Å². The molecule has 0 saturated heterocycles. The van der Waals surface area contributed by atoms with Crippen molar-refractivity contribution in [3.63, 3.8) is 0 Å². The van der Waals surface area contributed by atoms with Gasteiger partial charge in [0.2, 0.25) is 0 Å². The van der Waals surface area contributed by atoms with E-state index in [2.05, 4.69) is 31.2 Å². The summed E-state index contributed by atoms with van der Waals surface area (Å²) in [5, 5.41) is 0.315. The van der Waals surface area contributed by atoms with E-state index < -0.39 is 0 Å². The molecular formula is C12H15Cl. The summed E-state index contributed by atoms with van der Waals surface area (Å²) in [6.45, 7) is 2.29. The average Bonchev–Trinajstić information content (AvgIpc) is 2.87. The van der Waals surface area contributed by atoms with Crippen LogP contribution in [0.2, 0.25) is 0 Å². The van der Waals surface area contributed by atoms with Gasteiger partial charge in [0.1, 0.15) is 0 Å². The Labute approximate surface area is 84.9 Å². The number of hydrogen-bond acceptors (Lipinski definition) is 0. The van der Waals surface area contributed by atoms with Gasteiger partial charge in [-0.3, -0.25) is 0 Å². The van der Waals surface area contributed by atoms with Crippen LogP contribution in [0, 0.1) is 5.41 Å². The molecule has 0 amide bonds. The Morgan fingerprint density at radius 3 is 2.46 bits per heavy atom. The van der Waals surface area contributed by atoms with Gasteiger partial charge in [0.15, 0.2) is 0 Å². The molecule has 13 heavy (non-hydrogen) atoms. The third kappa shape index (κ3) is 2.05. The minimum absolute atomic E-state index is 0.315. The summed E-state index contributed by atoms with van der Waals surface area (Å²) in [6.07, 6.45) is 3.61. The number of hydrogen-bond donors (Lipinski definition) is 0. The second kappa shape index (κ2) is 3.34. The summed E-state index contributed by atoms with van der Waals surface area (Å²) in [6, 6.07) is 10.5. The predicted octanol–water partition coefficient (Wildman–Crippen LogP) is 3.64. The van der Waals surface area contributed by atoms with Gasteiger partial charge in [0.05, 0.1) is 0 Å². The molecule has 0 spiro atoms. The molecule has 1 atom stereocenters. The van der Waals surface area contributed by atoms with Crippen LogP contribution in [0.15, 0.2) is 30.3 Å². The molecule has 0 aliphatic heterocycles. The van der Waals surface area contributed by atoms with Crippen molar-refractivity contribution in [2.24, 2.45) is 5.41 Å². The van der Waals surface area contributed by atoms with E-state index in [0.717, 1.165) is 6.42 Å². The topological polar surface area (TPSA) is 0 Å². The van der Waals surface area contributed by atoms with Crippen molar-refractivity contribution in [3.8, 4) is 0 Å². The van der Waals surface area contributed by atoms with Gasteiger partial charge in [-0.1, -0.05) is 37.3 Å². The minimum atomic E-state index is 0.315. The molecule has 0 heterocycles. The van der Waals surface area contributed by atoms with Gasteiger partial charge in [-0.25, -0.2) is 0 Å². The van der Waals surface area contributed by atoms with Crippen molar-refractivity contribution in [2.45, 2.75) is 31.6 Å². The van der Waals surface area contributed by atoms with Crippen LogP contribution in [0.5, 0.6) is 0 Å². The largest absolute Gasteiger partial charge is 0.122 e. The van der Waals surface area contributed by atoms with Crippen molar-refractivity contribution in [1.29, 1.82) is 0 Å². The number of alkyl halides is 1. The molecule has 0 bridgehead atoms. The molecule has 1 heteroatoms. The maximum Gasteiger partial charge on any atom is 0.0430 e. The van der Waals surface area contributed by atoms with E-state index in [9.17, 15) is 0 Å². The molecule has 2 rings (SSSR count). The molecule has 0 radical (unpaired) electrons. The zero-order valence-electron chi connectivity index (χ0n) is 7.96. The van der Waals surface area contributed by atoms with Gasteiger partial charge < -0.3 is 0 Å². The van der Waals surface area contributed by atoms with E-state index >= 15 is 0 Å². The highest BCUT2D eigenvalue weighted by Crippen LogP contribution is 2.51. The molecule has 70 valence electrons. The Kier molecular flexibility index (Phi) is 2.33. The summed E-state index contributed by atoms with van der Waals surface area (Å²) < 4.78 is 0. The summed E-state index contributed by atoms with van der Waals surface area (Å²) in [7, 11) is 0. The Morgan fingerprint density at radius 1 is 1.31 bits per heavy atom. The van der Waals surface area contributed by atoms with Gasteiger partial charge in [0, 0.05) is 5.38 Å².